The standard InChI is InChI=1S/C25H17NO5/c27-23(18-8-2-1-3-9-18)24(19-13-15-20(16-14-19)26(29)30)31-25(28)22-12-6-10-17-7-4-5-11-21(17)22/h1-16,24H/t24-/m1/s1. The lowest BCUT2D eigenvalue weighted by Crippen LogP contribution is -2.20. The highest BCUT2D eigenvalue weighted by atomic mass is 16.6. The monoisotopic (exact) mass is 411 g/mol. The van der Waals surface area contributed by atoms with E-state index in [1.54, 1.807) is 42.5 Å². The Kier molecular flexibility index (Phi) is 5.53. The van der Waals surface area contributed by atoms with Gasteiger partial charge in [-0.1, -0.05) is 66.7 Å². The number of benzene rings is 4. The summed E-state index contributed by atoms with van der Waals surface area (Å²) in [6, 6.07) is 26.6. The molecule has 152 valence electrons. The molecule has 0 aliphatic carbocycles. The molecule has 0 radical (unpaired) electrons. The Morgan fingerprint density at radius 2 is 1.42 bits per heavy atom. The second-order valence-electron chi connectivity index (χ2n) is 6.89. The largest absolute Gasteiger partial charge is 0.445 e. The van der Waals surface area contributed by atoms with Crippen molar-refractivity contribution in [1.29, 1.82) is 0 Å². The topological polar surface area (TPSA) is 86.5 Å². The molecule has 4 aromatic carbocycles. The number of nitrogens with zero attached hydrogens (tertiary/aromatic N) is 1. The lowest BCUT2D eigenvalue weighted by Gasteiger charge is -2.18. The summed E-state index contributed by atoms with van der Waals surface area (Å²) in [5.41, 5.74) is 0.950. The number of carbonyl (C=O) groups excluding carboxylic acids is 2. The molecule has 0 bridgehead atoms. The molecule has 0 N–H and O–H groups in total. The smallest absolute Gasteiger partial charge is 0.339 e. The summed E-state index contributed by atoms with van der Waals surface area (Å²) in [6.07, 6.45) is -1.24. The quantitative estimate of drug-likeness (QED) is 0.180. The maximum absolute atomic E-state index is 13.2. The number of ketones is 1. The minimum absolute atomic E-state index is 0.116. The fourth-order valence-corrected chi connectivity index (χ4v) is 3.37. The van der Waals surface area contributed by atoms with Crippen LogP contribution >= 0.6 is 0 Å². The van der Waals surface area contributed by atoms with Crippen LogP contribution in [0.25, 0.3) is 10.8 Å². The van der Waals surface area contributed by atoms with Crippen molar-refractivity contribution in [1.82, 2.24) is 0 Å². The van der Waals surface area contributed by atoms with Gasteiger partial charge in [-0.2, -0.15) is 0 Å². The van der Waals surface area contributed by atoms with Crippen molar-refractivity contribution >= 4 is 28.2 Å². The first-order chi connectivity index (χ1) is 15.0. The summed E-state index contributed by atoms with van der Waals surface area (Å²) in [4.78, 5) is 36.7. The average Bonchev–Trinajstić information content (AvgIpc) is 2.82. The molecule has 0 spiro atoms. The third-order valence-electron chi connectivity index (χ3n) is 4.94. The van der Waals surface area contributed by atoms with Gasteiger partial charge in [-0.15, -0.1) is 0 Å². The summed E-state index contributed by atoms with van der Waals surface area (Å²) in [5, 5.41) is 12.6. The number of rotatable bonds is 6. The first-order valence-electron chi connectivity index (χ1n) is 9.57. The fourth-order valence-electron chi connectivity index (χ4n) is 3.37. The molecule has 6 nitrogen and oxygen atoms in total. The van der Waals surface area contributed by atoms with E-state index in [2.05, 4.69) is 0 Å². The predicted octanol–water partition coefficient (Wildman–Crippen LogP) is 5.53. The number of hydrogen-bond donors (Lipinski definition) is 0. The number of fused-ring (bicyclic) bond motifs is 1. The van der Waals surface area contributed by atoms with Gasteiger partial charge in [0.2, 0.25) is 5.78 Å². The molecule has 0 saturated heterocycles. The van der Waals surface area contributed by atoms with Crippen molar-refractivity contribution < 1.29 is 19.2 Å². The second kappa shape index (κ2) is 8.59. The summed E-state index contributed by atoms with van der Waals surface area (Å²) >= 11 is 0. The highest BCUT2D eigenvalue weighted by molar-refractivity contribution is 6.07. The van der Waals surface area contributed by atoms with Crippen LogP contribution in [0.15, 0.2) is 97.1 Å². The zero-order chi connectivity index (χ0) is 21.8. The van der Waals surface area contributed by atoms with Crippen molar-refractivity contribution in [2.75, 3.05) is 0 Å². The van der Waals surface area contributed by atoms with Crippen LogP contribution in [0.4, 0.5) is 5.69 Å². The number of carbonyl (C=O) groups is 2. The Morgan fingerprint density at radius 3 is 2.13 bits per heavy atom. The third kappa shape index (κ3) is 4.18. The number of non-ortho nitro benzene ring substituents is 1. The Labute approximate surface area is 177 Å². The number of hydrogen-bond acceptors (Lipinski definition) is 5. The number of Topliss-reactive ketones (excluding diaryl/α,β-unsaturated/α-hetero) is 1. The minimum Gasteiger partial charge on any atom is -0.445 e. The summed E-state index contributed by atoms with van der Waals surface area (Å²) in [7, 11) is 0. The van der Waals surface area contributed by atoms with E-state index in [1.807, 2.05) is 30.3 Å². The van der Waals surface area contributed by atoms with Crippen molar-refractivity contribution in [2.24, 2.45) is 0 Å². The van der Waals surface area contributed by atoms with Gasteiger partial charge in [-0.3, -0.25) is 14.9 Å². The Morgan fingerprint density at radius 1 is 0.774 bits per heavy atom. The Bertz CT molecular complexity index is 1260. The normalized spacial score (nSPS) is 11.6. The van der Waals surface area contributed by atoms with Crippen molar-refractivity contribution in [3.05, 3.63) is 124 Å². The molecule has 0 aliphatic rings. The highest BCUT2D eigenvalue weighted by Crippen LogP contribution is 2.27. The number of nitro groups is 1. The van der Waals surface area contributed by atoms with E-state index in [4.69, 9.17) is 4.74 Å². The van der Waals surface area contributed by atoms with Gasteiger partial charge in [0.05, 0.1) is 10.5 Å². The molecule has 0 saturated carbocycles. The van der Waals surface area contributed by atoms with Gasteiger partial charge >= 0.3 is 5.97 Å². The van der Waals surface area contributed by atoms with Crippen molar-refractivity contribution in [3.63, 3.8) is 0 Å². The molecule has 0 amide bonds. The van der Waals surface area contributed by atoms with Crippen LogP contribution in [0.5, 0.6) is 0 Å². The highest BCUT2D eigenvalue weighted by Gasteiger charge is 2.28. The van der Waals surface area contributed by atoms with Gasteiger partial charge in [0.1, 0.15) is 0 Å². The minimum atomic E-state index is -1.24. The molecule has 4 aromatic rings. The molecular formula is C25H17NO5. The van der Waals surface area contributed by atoms with Crippen LogP contribution in [-0.4, -0.2) is 16.7 Å². The molecule has 0 fully saturated rings. The lowest BCUT2D eigenvalue weighted by atomic mass is 9.99. The molecule has 4 rings (SSSR count). The van der Waals surface area contributed by atoms with Crippen molar-refractivity contribution in [3.8, 4) is 0 Å². The molecule has 0 aromatic heterocycles. The van der Waals surface area contributed by atoms with E-state index >= 15 is 0 Å². The predicted molar refractivity (Wildman–Crippen MR) is 116 cm³/mol. The third-order valence-corrected chi connectivity index (χ3v) is 4.94. The Hall–Kier alpha value is -4.32. The fraction of sp³-hybridized carbons (Fsp3) is 0.0400. The average molecular weight is 411 g/mol. The van der Waals surface area contributed by atoms with Gasteiger partial charge in [0, 0.05) is 23.3 Å². The Balaban J connectivity index is 1.72. The number of ether oxygens (including phenoxy) is 1. The van der Waals surface area contributed by atoms with Gasteiger partial charge in [-0.05, 0) is 29.0 Å². The van der Waals surface area contributed by atoms with Crippen LogP contribution in [0.3, 0.4) is 0 Å². The first-order valence-corrected chi connectivity index (χ1v) is 9.57. The van der Waals surface area contributed by atoms with Crippen LogP contribution in [0.1, 0.15) is 32.4 Å². The first kappa shape index (κ1) is 20.0. The molecule has 0 unspecified atom stereocenters. The maximum Gasteiger partial charge on any atom is 0.339 e. The van der Waals surface area contributed by atoms with Gasteiger partial charge in [0.15, 0.2) is 6.10 Å². The van der Waals surface area contributed by atoms with Crippen LogP contribution in [-0.2, 0) is 4.74 Å². The lowest BCUT2D eigenvalue weighted by molar-refractivity contribution is -0.384. The second-order valence-corrected chi connectivity index (χ2v) is 6.89. The summed E-state index contributed by atoms with van der Waals surface area (Å²) in [6.45, 7) is 0. The van der Waals surface area contributed by atoms with Crippen molar-refractivity contribution in [2.45, 2.75) is 6.10 Å². The molecule has 1 atom stereocenters. The molecule has 31 heavy (non-hydrogen) atoms. The number of esters is 1. The van der Waals surface area contributed by atoms with Crippen LogP contribution < -0.4 is 0 Å². The molecule has 6 heteroatoms. The SMILES string of the molecule is O=C(O[C@@H](C(=O)c1ccccc1)c1ccc([N+](=O)[O-])cc1)c1cccc2ccccc12. The molecule has 0 heterocycles. The zero-order valence-corrected chi connectivity index (χ0v) is 16.3. The van der Waals surface area contributed by atoms with E-state index in [1.165, 1.54) is 24.3 Å². The number of nitro benzene ring substituents is 1. The zero-order valence-electron chi connectivity index (χ0n) is 16.3. The van der Waals surface area contributed by atoms with E-state index in [0.29, 0.717) is 22.1 Å². The molecule has 0 aliphatic heterocycles. The van der Waals surface area contributed by atoms with E-state index in [9.17, 15) is 19.7 Å². The summed E-state index contributed by atoms with van der Waals surface area (Å²) < 4.78 is 5.69. The summed E-state index contributed by atoms with van der Waals surface area (Å²) in [5.74, 6) is -1.06. The van der Waals surface area contributed by atoms with E-state index in [-0.39, 0.29) is 5.69 Å². The van der Waals surface area contributed by atoms with Gasteiger partial charge in [0.25, 0.3) is 5.69 Å². The maximum atomic E-state index is 13.2. The molecular weight excluding hydrogens is 394 g/mol. The van der Waals surface area contributed by atoms with E-state index in [0.717, 1.165) is 5.39 Å². The van der Waals surface area contributed by atoms with Crippen LogP contribution in [0, 0.1) is 10.1 Å². The van der Waals surface area contributed by atoms with E-state index < -0.39 is 22.8 Å². The van der Waals surface area contributed by atoms with Gasteiger partial charge in [-0.25, -0.2) is 4.79 Å². The van der Waals surface area contributed by atoms with Gasteiger partial charge < -0.3 is 4.74 Å². The van der Waals surface area contributed by atoms with Crippen LogP contribution in [0.2, 0.25) is 0 Å².